The van der Waals surface area contributed by atoms with Crippen molar-refractivity contribution in [2.45, 2.75) is 27.2 Å². The van der Waals surface area contributed by atoms with Gasteiger partial charge in [-0.3, -0.25) is 9.20 Å². The highest BCUT2D eigenvalue weighted by Gasteiger charge is 2.18. The second-order valence-corrected chi connectivity index (χ2v) is 5.46. The van der Waals surface area contributed by atoms with E-state index >= 15 is 0 Å². The molecule has 1 aromatic carbocycles. The molecule has 4 nitrogen and oxygen atoms in total. The Kier molecular flexibility index (Phi) is 3.67. The zero-order chi connectivity index (χ0) is 15.7. The van der Waals surface area contributed by atoms with Crippen molar-refractivity contribution in [3.05, 3.63) is 65.1 Å². The number of fused-ring (bicyclic) bond motifs is 1. The zero-order valence-corrected chi connectivity index (χ0v) is 13.1. The van der Waals surface area contributed by atoms with Crippen LogP contribution in [0.1, 0.15) is 34.2 Å². The second-order valence-electron chi connectivity index (χ2n) is 5.46. The van der Waals surface area contributed by atoms with Gasteiger partial charge < -0.3 is 5.32 Å². The fourth-order valence-corrected chi connectivity index (χ4v) is 2.58. The van der Waals surface area contributed by atoms with Gasteiger partial charge in [-0.2, -0.15) is 0 Å². The molecular weight excluding hydrogens is 274 g/mol. The van der Waals surface area contributed by atoms with Gasteiger partial charge in [0, 0.05) is 11.9 Å². The first-order valence-electron chi connectivity index (χ1n) is 7.44. The number of imidazole rings is 1. The number of benzene rings is 1. The van der Waals surface area contributed by atoms with E-state index in [9.17, 15) is 4.79 Å². The lowest BCUT2D eigenvalue weighted by molar-refractivity contribution is 0.102. The van der Waals surface area contributed by atoms with E-state index in [1.807, 2.05) is 67.8 Å². The molecule has 0 aliphatic rings. The average Bonchev–Trinajstić information content (AvgIpc) is 2.87. The number of hydrogen-bond donors (Lipinski definition) is 1. The molecule has 0 saturated heterocycles. The number of nitrogens with zero attached hydrogens (tertiary/aromatic N) is 2. The highest BCUT2D eigenvalue weighted by atomic mass is 16.2. The van der Waals surface area contributed by atoms with Crippen LogP contribution in [-0.4, -0.2) is 15.3 Å². The summed E-state index contributed by atoms with van der Waals surface area (Å²) in [6.45, 7) is 6.01. The van der Waals surface area contributed by atoms with Crippen LogP contribution in [0, 0.1) is 13.8 Å². The lowest BCUT2D eigenvalue weighted by Crippen LogP contribution is -2.16. The molecule has 4 heteroatoms. The van der Waals surface area contributed by atoms with Gasteiger partial charge in [-0.05, 0) is 49.6 Å². The fourth-order valence-electron chi connectivity index (χ4n) is 2.58. The number of nitrogens with one attached hydrogen (secondary N) is 1. The van der Waals surface area contributed by atoms with Gasteiger partial charge in [0.25, 0.3) is 5.91 Å². The van der Waals surface area contributed by atoms with Crippen LogP contribution in [0.25, 0.3) is 5.65 Å². The van der Waals surface area contributed by atoms with Crippen molar-refractivity contribution in [1.82, 2.24) is 9.38 Å². The monoisotopic (exact) mass is 293 g/mol. The van der Waals surface area contributed by atoms with Crippen molar-refractivity contribution in [3.8, 4) is 0 Å². The summed E-state index contributed by atoms with van der Waals surface area (Å²) in [4.78, 5) is 17.3. The van der Waals surface area contributed by atoms with E-state index in [0.717, 1.165) is 34.6 Å². The van der Waals surface area contributed by atoms with E-state index in [1.54, 1.807) is 0 Å². The topological polar surface area (TPSA) is 46.4 Å². The van der Waals surface area contributed by atoms with Gasteiger partial charge in [0.1, 0.15) is 11.3 Å². The highest BCUT2D eigenvalue weighted by Crippen LogP contribution is 2.19. The summed E-state index contributed by atoms with van der Waals surface area (Å²) in [6.07, 6.45) is 2.63. The van der Waals surface area contributed by atoms with Crippen molar-refractivity contribution in [3.63, 3.8) is 0 Å². The normalized spacial score (nSPS) is 10.9. The van der Waals surface area contributed by atoms with Crippen molar-refractivity contribution in [2.24, 2.45) is 0 Å². The number of rotatable bonds is 3. The smallest absolute Gasteiger partial charge is 0.274 e. The van der Waals surface area contributed by atoms with Crippen molar-refractivity contribution in [2.75, 3.05) is 5.32 Å². The summed E-state index contributed by atoms with van der Waals surface area (Å²) >= 11 is 0. The van der Waals surface area contributed by atoms with Crippen LogP contribution in [0.15, 0.2) is 42.6 Å². The van der Waals surface area contributed by atoms with E-state index in [-0.39, 0.29) is 5.91 Å². The maximum absolute atomic E-state index is 12.7. The van der Waals surface area contributed by atoms with Gasteiger partial charge in [0.15, 0.2) is 0 Å². The van der Waals surface area contributed by atoms with E-state index < -0.39 is 0 Å². The lowest BCUT2D eigenvalue weighted by atomic mass is 10.2. The molecule has 0 bridgehead atoms. The molecule has 112 valence electrons. The van der Waals surface area contributed by atoms with Crippen molar-refractivity contribution >= 4 is 17.2 Å². The molecule has 0 aliphatic carbocycles. The number of para-hydroxylation sites is 1. The lowest BCUT2D eigenvalue weighted by Gasteiger charge is -2.09. The van der Waals surface area contributed by atoms with Crippen LogP contribution >= 0.6 is 0 Å². The molecule has 0 radical (unpaired) electrons. The van der Waals surface area contributed by atoms with Gasteiger partial charge in [-0.15, -0.1) is 0 Å². The third-order valence-corrected chi connectivity index (χ3v) is 3.80. The largest absolute Gasteiger partial charge is 0.320 e. The summed E-state index contributed by atoms with van der Waals surface area (Å²) in [6, 6.07) is 11.7. The minimum atomic E-state index is -0.123. The first-order valence-corrected chi connectivity index (χ1v) is 7.44. The molecule has 0 unspecified atom stereocenters. The number of aryl methyl sites for hydroxylation is 3. The Bertz CT molecular complexity index is 849. The minimum absolute atomic E-state index is 0.123. The number of carbonyl (C=O) groups excluding carboxylic acids is 1. The van der Waals surface area contributed by atoms with Gasteiger partial charge in [0.2, 0.25) is 0 Å². The first kappa shape index (κ1) is 14.3. The van der Waals surface area contributed by atoms with Crippen LogP contribution in [0.3, 0.4) is 0 Å². The Morgan fingerprint density at radius 2 is 2.00 bits per heavy atom. The predicted molar refractivity (Wildman–Crippen MR) is 88.4 cm³/mol. The molecule has 0 saturated carbocycles. The highest BCUT2D eigenvalue weighted by molar-refractivity contribution is 6.04. The Balaban J connectivity index is 2.05. The number of pyridine rings is 1. The third-order valence-electron chi connectivity index (χ3n) is 3.80. The van der Waals surface area contributed by atoms with Crippen molar-refractivity contribution < 1.29 is 4.79 Å². The quantitative estimate of drug-likeness (QED) is 0.799. The van der Waals surface area contributed by atoms with E-state index in [1.165, 1.54) is 0 Å². The molecule has 1 amide bonds. The Hall–Kier alpha value is -2.62. The van der Waals surface area contributed by atoms with Gasteiger partial charge in [-0.25, -0.2) is 4.98 Å². The average molecular weight is 293 g/mol. The van der Waals surface area contributed by atoms with Gasteiger partial charge >= 0.3 is 0 Å². The summed E-state index contributed by atoms with van der Waals surface area (Å²) in [5.74, 6) is -0.123. The molecule has 0 atom stereocenters. The Morgan fingerprint density at radius 1 is 1.23 bits per heavy atom. The standard InChI is InChI=1S/C18H19N3O/c1-4-14-17(21-10-9-12(2)11-16(21)19-14)18(22)20-15-8-6-5-7-13(15)3/h5-11H,4H2,1-3H3,(H,20,22). The van der Waals surface area contributed by atoms with E-state index in [4.69, 9.17) is 0 Å². The molecule has 3 rings (SSSR count). The van der Waals surface area contributed by atoms with E-state index in [2.05, 4.69) is 10.3 Å². The van der Waals surface area contributed by atoms with E-state index in [0.29, 0.717) is 5.69 Å². The molecule has 0 fully saturated rings. The molecule has 2 aromatic heterocycles. The SMILES string of the molecule is CCc1nc2cc(C)ccn2c1C(=O)Nc1ccccc1C. The summed E-state index contributed by atoms with van der Waals surface area (Å²) in [5, 5.41) is 2.99. The molecule has 0 aliphatic heterocycles. The Labute approximate surface area is 129 Å². The number of hydrogen-bond acceptors (Lipinski definition) is 2. The molecule has 2 heterocycles. The predicted octanol–water partition coefficient (Wildman–Crippen LogP) is 3.77. The number of carbonyl (C=O) groups is 1. The van der Waals surface area contributed by atoms with Crippen LogP contribution in [-0.2, 0) is 6.42 Å². The van der Waals surface area contributed by atoms with Crippen LogP contribution in [0.5, 0.6) is 0 Å². The van der Waals surface area contributed by atoms with Crippen LogP contribution < -0.4 is 5.32 Å². The van der Waals surface area contributed by atoms with Gasteiger partial charge in [-0.1, -0.05) is 25.1 Å². The number of amides is 1. The third kappa shape index (κ3) is 2.48. The molecule has 22 heavy (non-hydrogen) atoms. The molecule has 0 spiro atoms. The first-order chi connectivity index (χ1) is 10.6. The molecular formula is C18H19N3O. The second kappa shape index (κ2) is 5.64. The van der Waals surface area contributed by atoms with Crippen LogP contribution in [0.2, 0.25) is 0 Å². The zero-order valence-electron chi connectivity index (χ0n) is 13.1. The maximum Gasteiger partial charge on any atom is 0.274 e. The summed E-state index contributed by atoms with van der Waals surface area (Å²) < 4.78 is 1.86. The number of anilines is 1. The number of aromatic nitrogens is 2. The van der Waals surface area contributed by atoms with Crippen molar-refractivity contribution in [1.29, 1.82) is 0 Å². The fraction of sp³-hybridized carbons (Fsp3) is 0.222. The summed E-state index contributed by atoms with van der Waals surface area (Å²) in [5.41, 5.74) is 5.24. The summed E-state index contributed by atoms with van der Waals surface area (Å²) in [7, 11) is 0. The molecule has 3 aromatic rings. The van der Waals surface area contributed by atoms with Crippen LogP contribution in [0.4, 0.5) is 5.69 Å². The Morgan fingerprint density at radius 3 is 2.73 bits per heavy atom. The van der Waals surface area contributed by atoms with Gasteiger partial charge in [0.05, 0.1) is 5.69 Å². The maximum atomic E-state index is 12.7. The minimum Gasteiger partial charge on any atom is -0.320 e. The molecule has 1 N–H and O–H groups in total.